The Kier molecular flexibility index (Phi) is 10.3. The molecule has 0 spiro atoms. The number of amides is 1. The molecule has 0 atom stereocenters. The topological polar surface area (TPSA) is 68.8 Å². The van der Waals surface area contributed by atoms with Crippen molar-refractivity contribution in [1.82, 2.24) is 20.9 Å². The molecule has 1 saturated heterocycles. The normalized spacial score (nSPS) is 22.8. The summed E-state index contributed by atoms with van der Waals surface area (Å²) in [5, 5.41) is 9.79. The van der Waals surface area contributed by atoms with Gasteiger partial charge in [0, 0.05) is 31.1 Å². The molecule has 2 saturated carbocycles. The zero-order valence-electron chi connectivity index (χ0n) is 17.6. The Hall–Kier alpha value is -0.570. The van der Waals surface area contributed by atoms with E-state index in [4.69, 9.17) is 4.99 Å². The fraction of sp³-hybridized carbons (Fsp3) is 0.905. The predicted octanol–water partition coefficient (Wildman–Crippen LogP) is 2.87. The van der Waals surface area contributed by atoms with Crippen molar-refractivity contribution in [2.45, 2.75) is 76.7 Å². The Morgan fingerprint density at radius 3 is 2.25 bits per heavy atom. The largest absolute Gasteiger partial charge is 0.357 e. The SMILES string of the molecule is CCNC(=NCC1(N2CCCCC2)CCCCC1)NCCNC(=O)C1CC1.I. The first-order chi connectivity index (χ1) is 13.2. The highest BCUT2D eigenvalue weighted by Gasteiger charge is 2.38. The molecule has 162 valence electrons. The van der Waals surface area contributed by atoms with Gasteiger partial charge in [-0.2, -0.15) is 0 Å². The summed E-state index contributed by atoms with van der Waals surface area (Å²) in [5.41, 5.74) is 0.265. The van der Waals surface area contributed by atoms with E-state index in [-0.39, 0.29) is 41.3 Å². The van der Waals surface area contributed by atoms with Gasteiger partial charge in [0.1, 0.15) is 0 Å². The van der Waals surface area contributed by atoms with Crippen molar-refractivity contribution < 1.29 is 4.79 Å². The summed E-state index contributed by atoms with van der Waals surface area (Å²) >= 11 is 0. The highest BCUT2D eigenvalue weighted by molar-refractivity contribution is 14.0. The minimum atomic E-state index is 0. The van der Waals surface area contributed by atoms with E-state index < -0.39 is 0 Å². The first-order valence-corrected chi connectivity index (χ1v) is 11.3. The molecule has 0 radical (unpaired) electrons. The molecule has 3 N–H and O–H groups in total. The molecule has 3 rings (SSSR count). The molecule has 3 aliphatic rings. The van der Waals surface area contributed by atoms with Gasteiger partial charge in [-0.25, -0.2) is 0 Å². The van der Waals surface area contributed by atoms with Crippen molar-refractivity contribution >= 4 is 35.8 Å². The number of likely N-dealkylation sites (tertiary alicyclic amines) is 1. The number of guanidine groups is 1. The molecule has 1 amide bonds. The predicted molar refractivity (Wildman–Crippen MR) is 126 cm³/mol. The molecule has 7 heteroatoms. The Morgan fingerprint density at radius 2 is 1.61 bits per heavy atom. The van der Waals surface area contributed by atoms with Crippen molar-refractivity contribution in [3.8, 4) is 0 Å². The maximum absolute atomic E-state index is 11.7. The quantitative estimate of drug-likeness (QED) is 0.206. The summed E-state index contributed by atoms with van der Waals surface area (Å²) in [5.74, 6) is 1.38. The molecule has 3 fully saturated rings. The van der Waals surface area contributed by atoms with Crippen LogP contribution < -0.4 is 16.0 Å². The van der Waals surface area contributed by atoms with Gasteiger partial charge in [-0.15, -0.1) is 24.0 Å². The van der Waals surface area contributed by atoms with Gasteiger partial charge in [-0.1, -0.05) is 25.7 Å². The molecule has 2 aliphatic carbocycles. The van der Waals surface area contributed by atoms with E-state index in [1.165, 1.54) is 64.5 Å². The highest BCUT2D eigenvalue weighted by Crippen LogP contribution is 2.35. The van der Waals surface area contributed by atoms with E-state index >= 15 is 0 Å². The molecular weight excluding hydrogens is 465 g/mol. The molecule has 0 aromatic heterocycles. The Morgan fingerprint density at radius 1 is 0.964 bits per heavy atom. The monoisotopic (exact) mass is 505 g/mol. The maximum atomic E-state index is 11.7. The van der Waals surface area contributed by atoms with E-state index in [1.807, 2.05) is 0 Å². The number of carbonyl (C=O) groups excluding carboxylic acids is 1. The standard InChI is InChI=1S/C21H39N5O.HI/c1-2-22-20(24-14-13-23-19(27)18-9-10-18)25-17-21(11-5-3-6-12-21)26-15-7-4-8-16-26;/h18H,2-17H2,1H3,(H,23,27)(H2,22,24,25);1H. The molecule has 1 heterocycles. The van der Waals surface area contributed by atoms with Crippen molar-refractivity contribution in [1.29, 1.82) is 0 Å². The Labute approximate surface area is 188 Å². The number of hydrogen-bond acceptors (Lipinski definition) is 3. The number of halogens is 1. The van der Waals surface area contributed by atoms with E-state index in [1.54, 1.807) is 0 Å². The Balaban J connectivity index is 0.00000280. The summed E-state index contributed by atoms with van der Waals surface area (Å²) in [6.45, 7) is 7.72. The highest BCUT2D eigenvalue weighted by atomic mass is 127. The summed E-state index contributed by atoms with van der Waals surface area (Å²) < 4.78 is 0. The van der Waals surface area contributed by atoms with Gasteiger partial charge in [-0.05, 0) is 58.5 Å². The number of rotatable bonds is 8. The van der Waals surface area contributed by atoms with Crippen molar-refractivity contribution in [2.24, 2.45) is 10.9 Å². The first-order valence-electron chi connectivity index (χ1n) is 11.3. The van der Waals surface area contributed by atoms with Crippen LogP contribution in [0.5, 0.6) is 0 Å². The van der Waals surface area contributed by atoms with Crippen LogP contribution in [0.2, 0.25) is 0 Å². The van der Waals surface area contributed by atoms with Crippen LogP contribution in [0.1, 0.15) is 71.1 Å². The lowest BCUT2D eigenvalue weighted by Crippen LogP contribution is -2.54. The fourth-order valence-corrected chi connectivity index (χ4v) is 4.58. The number of nitrogens with zero attached hydrogens (tertiary/aromatic N) is 2. The summed E-state index contributed by atoms with van der Waals surface area (Å²) in [4.78, 5) is 19.5. The second kappa shape index (κ2) is 12.2. The zero-order chi connectivity index (χ0) is 19.0. The summed E-state index contributed by atoms with van der Waals surface area (Å²) in [7, 11) is 0. The molecule has 0 aromatic rings. The minimum absolute atomic E-state index is 0. The average molecular weight is 505 g/mol. The molecule has 28 heavy (non-hydrogen) atoms. The van der Waals surface area contributed by atoms with Gasteiger partial charge in [0.2, 0.25) is 5.91 Å². The van der Waals surface area contributed by atoms with Crippen LogP contribution in [0.3, 0.4) is 0 Å². The van der Waals surface area contributed by atoms with Gasteiger partial charge in [0.15, 0.2) is 5.96 Å². The van der Waals surface area contributed by atoms with Crippen molar-refractivity contribution in [3.63, 3.8) is 0 Å². The van der Waals surface area contributed by atoms with E-state index in [2.05, 4.69) is 27.8 Å². The number of carbonyl (C=O) groups is 1. The van der Waals surface area contributed by atoms with Crippen LogP contribution in [-0.4, -0.2) is 61.6 Å². The second-order valence-corrected chi connectivity index (χ2v) is 8.52. The molecule has 1 aliphatic heterocycles. The number of nitrogens with one attached hydrogen (secondary N) is 3. The number of piperidine rings is 1. The third-order valence-corrected chi connectivity index (χ3v) is 6.35. The van der Waals surface area contributed by atoms with Crippen LogP contribution in [0.15, 0.2) is 4.99 Å². The van der Waals surface area contributed by atoms with E-state index in [9.17, 15) is 4.79 Å². The van der Waals surface area contributed by atoms with Crippen LogP contribution >= 0.6 is 24.0 Å². The fourth-order valence-electron chi connectivity index (χ4n) is 4.58. The second-order valence-electron chi connectivity index (χ2n) is 8.52. The average Bonchev–Trinajstić information content (AvgIpc) is 3.56. The van der Waals surface area contributed by atoms with Gasteiger partial charge in [0.05, 0.1) is 6.54 Å². The minimum Gasteiger partial charge on any atom is -0.357 e. The summed E-state index contributed by atoms with van der Waals surface area (Å²) in [6, 6.07) is 0. The van der Waals surface area contributed by atoms with Gasteiger partial charge >= 0.3 is 0 Å². The lowest BCUT2D eigenvalue weighted by atomic mass is 9.79. The van der Waals surface area contributed by atoms with E-state index in [0.717, 1.165) is 38.4 Å². The molecule has 0 bridgehead atoms. The first kappa shape index (κ1) is 23.7. The van der Waals surface area contributed by atoms with Gasteiger partial charge in [-0.3, -0.25) is 14.7 Å². The van der Waals surface area contributed by atoms with Gasteiger partial charge < -0.3 is 16.0 Å². The van der Waals surface area contributed by atoms with Crippen molar-refractivity contribution in [2.75, 3.05) is 39.3 Å². The van der Waals surface area contributed by atoms with Gasteiger partial charge in [0.25, 0.3) is 0 Å². The summed E-state index contributed by atoms with van der Waals surface area (Å²) in [6.07, 6.45) is 12.8. The Bertz CT molecular complexity index is 497. The maximum Gasteiger partial charge on any atom is 0.223 e. The van der Waals surface area contributed by atoms with Crippen molar-refractivity contribution in [3.05, 3.63) is 0 Å². The lowest BCUT2D eigenvalue weighted by molar-refractivity contribution is -0.122. The third-order valence-electron chi connectivity index (χ3n) is 6.35. The lowest BCUT2D eigenvalue weighted by Gasteiger charge is -2.47. The molecule has 0 aromatic carbocycles. The van der Waals surface area contributed by atoms with Crippen LogP contribution in [0, 0.1) is 5.92 Å². The zero-order valence-corrected chi connectivity index (χ0v) is 19.9. The van der Waals surface area contributed by atoms with Crippen LogP contribution in [0.25, 0.3) is 0 Å². The number of hydrogen-bond donors (Lipinski definition) is 3. The molecular formula is C21H40IN5O. The smallest absolute Gasteiger partial charge is 0.223 e. The number of aliphatic imine (C=N–C) groups is 1. The molecule has 6 nitrogen and oxygen atoms in total. The van der Waals surface area contributed by atoms with Crippen LogP contribution in [0.4, 0.5) is 0 Å². The van der Waals surface area contributed by atoms with E-state index in [0.29, 0.717) is 6.54 Å². The molecule has 0 unspecified atom stereocenters. The van der Waals surface area contributed by atoms with Crippen LogP contribution in [-0.2, 0) is 4.79 Å². The third kappa shape index (κ3) is 7.04.